The first-order valence-electron chi connectivity index (χ1n) is 6.24. The van der Waals surface area contributed by atoms with Crippen LogP contribution >= 0.6 is 0 Å². The predicted octanol–water partition coefficient (Wildman–Crippen LogP) is 0.623. The van der Waals surface area contributed by atoms with E-state index in [-0.39, 0.29) is 11.5 Å². The van der Waals surface area contributed by atoms with Crippen LogP contribution in [0.25, 0.3) is 0 Å². The van der Waals surface area contributed by atoms with Gasteiger partial charge in [0.25, 0.3) is 0 Å². The van der Waals surface area contributed by atoms with Crippen molar-refractivity contribution in [1.82, 2.24) is 10.2 Å². The van der Waals surface area contributed by atoms with Crippen LogP contribution in [-0.2, 0) is 9.53 Å². The van der Waals surface area contributed by atoms with Gasteiger partial charge in [-0.05, 0) is 38.4 Å². The van der Waals surface area contributed by atoms with Gasteiger partial charge in [0.1, 0.15) is 0 Å². The molecule has 0 saturated carbocycles. The van der Waals surface area contributed by atoms with Crippen molar-refractivity contribution < 1.29 is 9.53 Å². The molecule has 2 rings (SSSR count). The van der Waals surface area contributed by atoms with Crippen LogP contribution < -0.4 is 5.32 Å². The number of hydrogen-bond acceptors (Lipinski definition) is 4. The third-order valence-electron chi connectivity index (χ3n) is 4.14. The standard InChI is InChI=1S/C12H22N2O2/c1-3-13-12(8-11(15)16-2)5-7-14-6-4-10(12)9-14/h10,13H,3-9H2,1-2H3. The van der Waals surface area contributed by atoms with Crippen LogP contribution in [0.4, 0.5) is 0 Å². The minimum absolute atomic E-state index is 0.00512. The van der Waals surface area contributed by atoms with Crippen LogP contribution in [0.15, 0.2) is 0 Å². The van der Waals surface area contributed by atoms with Crippen molar-refractivity contribution in [2.24, 2.45) is 5.92 Å². The van der Waals surface area contributed by atoms with Gasteiger partial charge in [0, 0.05) is 12.1 Å². The molecule has 0 aromatic heterocycles. The molecule has 2 bridgehead atoms. The second-order valence-corrected chi connectivity index (χ2v) is 4.98. The number of hydrogen-bond donors (Lipinski definition) is 1. The highest BCUT2D eigenvalue weighted by Crippen LogP contribution is 2.38. The minimum atomic E-state index is -0.0821. The number of methoxy groups -OCH3 is 1. The average Bonchev–Trinajstić information content (AvgIpc) is 2.69. The van der Waals surface area contributed by atoms with E-state index in [0.29, 0.717) is 12.3 Å². The Morgan fingerprint density at radius 2 is 2.38 bits per heavy atom. The van der Waals surface area contributed by atoms with E-state index in [9.17, 15) is 4.79 Å². The van der Waals surface area contributed by atoms with Gasteiger partial charge in [0.15, 0.2) is 0 Å². The lowest BCUT2D eigenvalue weighted by molar-refractivity contribution is -0.143. The summed E-state index contributed by atoms with van der Waals surface area (Å²) in [4.78, 5) is 14.1. The summed E-state index contributed by atoms with van der Waals surface area (Å²) < 4.78 is 4.84. The maximum atomic E-state index is 11.6. The van der Waals surface area contributed by atoms with Gasteiger partial charge in [-0.25, -0.2) is 0 Å². The van der Waals surface area contributed by atoms with E-state index in [0.717, 1.165) is 26.1 Å². The number of esters is 1. The van der Waals surface area contributed by atoms with E-state index in [2.05, 4.69) is 17.1 Å². The number of rotatable bonds is 4. The molecule has 0 aromatic rings. The quantitative estimate of drug-likeness (QED) is 0.714. The second kappa shape index (κ2) is 4.72. The smallest absolute Gasteiger partial charge is 0.307 e. The number of nitrogens with zero attached hydrogens (tertiary/aromatic N) is 1. The molecule has 2 aliphatic rings. The molecule has 0 aliphatic carbocycles. The largest absolute Gasteiger partial charge is 0.469 e. The van der Waals surface area contributed by atoms with Crippen molar-refractivity contribution >= 4 is 5.97 Å². The Balaban J connectivity index is 2.10. The SMILES string of the molecule is CCNC1(CC(=O)OC)CCN2CCC1C2. The molecule has 92 valence electrons. The fraction of sp³-hybridized carbons (Fsp3) is 0.917. The van der Waals surface area contributed by atoms with E-state index in [1.165, 1.54) is 20.1 Å². The van der Waals surface area contributed by atoms with Gasteiger partial charge < -0.3 is 15.0 Å². The van der Waals surface area contributed by atoms with Gasteiger partial charge in [-0.3, -0.25) is 4.79 Å². The van der Waals surface area contributed by atoms with E-state index in [1.54, 1.807) is 0 Å². The van der Waals surface area contributed by atoms with Gasteiger partial charge in [0.2, 0.25) is 0 Å². The van der Waals surface area contributed by atoms with E-state index >= 15 is 0 Å². The van der Waals surface area contributed by atoms with Gasteiger partial charge in [-0.1, -0.05) is 6.92 Å². The minimum Gasteiger partial charge on any atom is -0.469 e. The fourth-order valence-electron chi connectivity index (χ4n) is 3.26. The summed E-state index contributed by atoms with van der Waals surface area (Å²) >= 11 is 0. The molecule has 0 radical (unpaired) electrons. The number of piperidine rings is 1. The maximum absolute atomic E-state index is 11.6. The van der Waals surface area contributed by atoms with Crippen molar-refractivity contribution in [3.63, 3.8) is 0 Å². The molecular weight excluding hydrogens is 204 g/mol. The van der Waals surface area contributed by atoms with Gasteiger partial charge in [-0.2, -0.15) is 0 Å². The molecule has 4 nitrogen and oxygen atoms in total. The van der Waals surface area contributed by atoms with Crippen LogP contribution in [0.5, 0.6) is 0 Å². The fourth-order valence-corrected chi connectivity index (χ4v) is 3.26. The average molecular weight is 226 g/mol. The summed E-state index contributed by atoms with van der Waals surface area (Å²) in [7, 11) is 1.48. The molecule has 0 amide bonds. The molecule has 0 aromatic carbocycles. The Morgan fingerprint density at radius 3 is 3.06 bits per heavy atom. The molecular formula is C12H22N2O2. The summed E-state index contributed by atoms with van der Waals surface area (Å²) in [5, 5.41) is 3.56. The van der Waals surface area contributed by atoms with Crippen molar-refractivity contribution in [2.75, 3.05) is 33.3 Å². The molecule has 2 fully saturated rings. The first-order valence-corrected chi connectivity index (χ1v) is 6.24. The zero-order chi connectivity index (χ0) is 11.6. The third kappa shape index (κ3) is 2.09. The summed E-state index contributed by atoms with van der Waals surface area (Å²) in [6, 6.07) is 0. The molecule has 3 atom stereocenters. The highest BCUT2D eigenvalue weighted by atomic mass is 16.5. The number of fused-ring (bicyclic) bond motifs is 2. The van der Waals surface area contributed by atoms with Crippen LogP contribution in [0.1, 0.15) is 26.2 Å². The van der Waals surface area contributed by atoms with Crippen LogP contribution in [-0.4, -0.2) is 49.7 Å². The number of nitrogens with one attached hydrogen (secondary N) is 1. The van der Waals surface area contributed by atoms with Crippen molar-refractivity contribution in [1.29, 1.82) is 0 Å². The zero-order valence-corrected chi connectivity index (χ0v) is 10.3. The Morgan fingerprint density at radius 1 is 1.56 bits per heavy atom. The zero-order valence-electron chi connectivity index (χ0n) is 10.3. The lowest BCUT2D eigenvalue weighted by Gasteiger charge is -2.43. The van der Waals surface area contributed by atoms with E-state index in [1.807, 2.05) is 0 Å². The van der Waals surface area contributed by atoms with Gasteiger partial charge in [0.05, 0.1) is 13.5 Å². The van der Waals surface area contributed by atoms with Crippen LogP contribution in [0.3, 0.4) is 0 Å². The second-order valence-electron chi connectivity index (χ2n) is 4.98. The van der Waals surface area contributed by atoms with Crippen molar-refractivity contribution in [3.05, 3.63) is 0 Å². The van der Waals surface area contributed by atoms with E-state index < -0.39 is 0 Å². The molecule has 1 N–H and O–H groups in total. The number of ether oxygens (including phenoxy) is 1. The Bertz CT molecular complexity index is 270. The Labute approximate surface area is 97.3 Å². The maximum Gasteiger partial charge on any atom is 0.307 e. The molecule has 4 heteroatoms. The van der Waals surface area contributed by atoms with Crippen LogP contribution in [0, 0.1) is 5.92 Å². The molecule has 16 heavy (non-hydrogen) atoms. The topological polar surface area (TPSA) is 41.6 Å². The molecule has 0 spiro atoms. The molecule has 3 unspecified atom stereocenters. The van der Waals surface area contributed by atoms with Crippen molar-refractivity contribution in [3.8, 4) is 0 Å². The molecule has 2 saturated heterocycles. The highest BCUT2D eigenvalue weighted by molar-refractivity contribution is 5.71. The summed E-state index contributed by atoms with van der Waals surface area (Å²) in [5.41, 5.74) is -0.00512. The third-order valence-corrected chi connectivity index (χ3v) is 4.14. The van der Waals surface area contributed by atoms with Gasteiger partial charge >= 0.3 is 5.97 Å². The normalized spacial score (nSPS) is 37.4. The molecule has 2 heterocycles. The lowest BCUT2D eigenvalue weighted by Crippen LogP contribution is -2.57. The molecule has 2 aliphatic heterocycles. The summed E-state index contributed by atoms with van der Waals surface area (Å²) in [6.45, 7) is 6.48. The monoisotopic (exact) mass is 226 g/mol. The first kappa shape index (κ1) is 11.9. The van der Waals surface area contributed by atoms with E-state index in [4.69, 9.17) is 4.74 Å². The summed E-state index contributed by atoms with van der Waals surface area (Å²) in [6.07, 6.45) is 2.81. The summed E-state index contributed by atoms with van der Waals surface area (Å²) in [5.74, 6) is 0.529. The Kier molecular flexibility index (Phi) is 3.50. The number of carbonyl (C=O) groups excluding carboxylic acids is 1. The predicted molar refractivity (Wildman–Crippen MR) is 62.2 cm³/mol. The highest BCUT2D eigenvalue weighted by Gasteiger charge is 2.46. The van der Waals surface area contributed by atoms with Gasteiger partial charge in [-0.15, -0.1) is 0 Å². The number of carbonyl (C=O) groups is 1. The Hall–Kier alpha value is -0.610. The lowest BCUT2D eigenvalue weighted by atomic mass is 9.76. The van der Waals surface area contributed by atoms with Crippen LogP contribution in [0.2, 0.25) is 0 Å². The van der Waals surface area contributed by atoms with Crippen molar-refractivity contribution in [2.45, 2.75) is 31.7 Å². The first-order chi connectivity index (χ1) is 7.70.